The van der Waals surface area contributed by atoms with E-state index in [2.05, 4.69) is 13.8 Å². The Balaban J connectivity index is 4.19. The van der Waals surface area contributed by atoms with Crippen LogP contribution in [0.15, 0.2) is 0 Å². The van der Waals surface area contributed by atoms with Crippen molar-refractivity contribution in [2.24, 2.45) is 0 Å². The second kappa shape index (κ2) is 8.72. The minimum absolute atomic E-state index is 0.363. The predicted octanol–water partition coefficient (Wildman–Crippen LogP) is 1.16. The molecule has 0 aliphatic rings. The van der Waals surface area contributed by atoms with Gasteiger partial charge in [-0.3, -0.25) is 0 Å². The van der Waals surface area contributed by atoms with Gasteiger partial charge in [-0.2, -0.15) is 0 Å². The Morgan fingerprint density at radius 2 is 1.56 bits per heavy atom. The van der Waals surface area contributed by atoms with Crippen molar-refractivity contribution in [3.8, 4) is 0 Å². The summed E-state index contributed by atoms with van der Waals surface area (Å²) >= 11 is 0. The van der Waals surface area contributed by atoms with Crippen molar-refractivity contribution < 1.29 is 18.7 Å². The van der Waals surface area contributed by atoms with Crippen LogP contribution < -0.4 is 0 Å². The van der Waals surface area contributed by atoms with E-state index in [1.807, 2.05) is 0 Å². The Labute approximate surface area is 101 Å². The molecule has 0 spiro atoms. The average molecular weight is 248 g/mol. The van der Waals surface area contributed by atoms with Gasteiger partial charge in [0.15, 0.2) is 0 Å². The number of rotatable bonds is 9. The number of ether oxygens (including phenoxy) is 2. The predicted molar refractivity (Wildman–Crippen MR) is 66.2 cm³/mol. The zero-order valence-electron chi connectivity index (χ0n) is 10.9. The molecule has 0 heterocycles. The summed E-state index contributed by atoms with van der Waals surface area (Å²) in [6, 6.07) is 0. The van der Waals surface area contributed by atoms with Crippen molar-refractivity contribution >= 4 is 16.5 Å². The summed E-state index contributed by atoms with van der Waals surface area (Å²) in [6.07, 6.45) is 3.89. The second-order valence-electron chi connectivity index (χ2n) is 3.84. The summed E-state index contributed by atoms with van der Waals surface area (Å²) in [4.78, 5) is 11.6. The van der Waals surface area contributed by atoms with E-state index in [1.165, 1.54) is 0 Å². The van der Waals surface area contributed by atoms with Gasteiger partial charge in [-0.25, -0.2) is 4.79 Å². The fraction of sp³-hybridized carbons (Fsp3) is 0.909. The molecule has 96 valence electrons. The van der Waals surface area contributed by atoms with E-state index in [4.69, 9.17) is 13.9 Å². The molecule has 0 saturated carbocycles. The lowest BCUT2D eigenvalue weighted by Crippen LogP contribution is -2.43. The molecular weight excluding hydrogens is 224 g/mol. The van der Waals surface area contributed by atoms with Gasteiger partial charge in [0, 0.05) is 6.92 Å². The van der Waals surface area contributed by atoms with Crippen molar-refractivity contribution in [3.05, 3.63) is 0 Å². The summed E-state index contributed by atoms with van der Waals surface area (Å²) in [7, 11) is 0.363. The standard InChI is InChI=1S/C11H24O4Si/c1-4-6-8-13-11(3,10(12)15-16)14-9-7-5-2/h4-9H2,1-3,16H3. The Kier molecular flexibility index (Phi) is 8.51. The normalized spacial score (nSPS) is 11.7. The number of carbonyl (C=O) groups excluding carboxylic acids is 1. The van der Waals surface area contributed by atoms with Crippen molar-refractivity contribution in [1.29, 1.82) is 0 Å². The van der Waals surface area contributed by atoms with Gasteiger partial charge >= 0.3 is 5.97 Å². The third kappa shape index (κ3) is 5.63. The maximum absolute atomic E-state index is 11.6. The van der Waals surface area contributed by atoms with Gasteiger partial charge in [0.2, 0.25) is 10.5 Å². The number of hydrogen-bond acceptors (Lipinski definition) is 4. The molecule has 0 aromatic rings. The van der Waals surface area contributed by atoms with E-state index in [1.54, 1.807) is 6.92 Å². The Bertz CT molecular complexity index is 186. The van der Waals surface area contributed by atoms with Crippen molar-refractivity contribution in [3.63, 3.8) is 0 Å². The van der Waals surface area contributed by atoms with Crippen LogP contribution in [0.2, 0.25) is 0 Å². The van der Waals surface area contributed by atoms with E-state index in [0.717, 1.165) is 25.7 Å². The SMILES string of the molecule is CCCCOC(C)(OCCCC)C(=O)O[SiH3]. The van der Waals surface area contributed by atoms with Crippen molar-refractivity contribution in [2.75, 3.05) is 13.2 Å². The summed E-state index contributed by atoms with van der Waals surface area (Å²) < 4.78 is 15.8. The Morgan fingerprint density at radius 3 is 1.88 bits per heavy atom. The smallest absolute Gasteiger partial charge is 0.352 e. The first kappa shape index (κ1) is 15.6. The highest BCUT2D eigenvalue weighted by molar-refractivity contribution is 6.06. The zero-order valence-corrected chi connectivity index (χ0v) is 12.9. The molecule has 0 atom stereocenters. The fourth-order valence-electron chi connectivity index (χ4n) is 1.17. The molecule has 0 rings (SSSR count). The minimum Gasteiger partial charge on any atom is -0.525 e. The first-order valence-electron chi connectivity index (χ1n) is 5.97. The van der Waals surface area contributed by atoms with Crippen LogP contribution in [0.3, 0.4) is 0 Å². The highest BCUT2D eigenvalue weighted by Crippen LogP contribution is 2.16. The molecule has 0 fully saturated rings. The number of unbranched alkanes of at least 4 members (excludes halogenated alkanes) is 2. The largest absolute Gasteiger partial charge is 0.525 e. The molecule has 0 aliphatic carbocycles. The fourth-order valence-corrected chi connectivity index (χ4v) is 1.54. The summed E-state index contributed by atoms with van der Waals surface area (Å²) in [5.74, 6) is -1.63. The van der Waals surface area contributed by atoms with Gasteiger partial charge < -0.3 is 13.9 Å². The lowest BCUT2D eigenvalue weighted by atomic mass is 10.3. The topological polar surface area (TPSA) is 44.8 Å². The highest BCUT2D eigenvalue weighted by atomic mass is 28.2. The van der Waals surface area contributed by atoms with Gasteiger partial charge in [-0.15, -0.1) is 0 Å². The summed E-state index contributed by atoms with van der Waals surface area (Å²) in [5.41, 5.74) is 0. The van der Waals surface area contributed by atoms with Crippen LogP contribution in [0.5, 0.6) is 0 Å². The van der Waals surface area contributed by atoms with E-state index < -0.39 is 11.8 Å². The molecule has 0 aromatic heterocycles. The molecule has 0 aliphatic heterocycles. The van der Waals surface area contributed by atoms with Crippen LogP contribution in [0, 0.1) is 0 Å². The summed E-state index contributed by atoms with van der Waals surface area (Å²) in [5, 5.41) is 0. The zero-order chi connectivity index (χ0) is 12.4. The van der Waals surface area contributed by atoms with Crippen molar-refractivity contribution in [2.45, 2.75) is 52.2 Å². The first-order chi connectivity index (χ1) is 7.60. The van der Waals surface area contributed by atoms with Crippen molar-refractivity contribution in [1.82, 2.24) is 0 Å². The van der Waals surface area contributed by atoms with Crippen LogP contribution in [-0.4, -0.2) is 35.5 Å². The maximum atomic E-state index is 11.6. The molecule has 0 N–H and O–H groups in total. The third-order valence-corrected chi connectivity index (χ3v) is 2.68. The van der Waals surface area contributed by atoms with E-state index in [-0.39, 0.29) is 0 Å². The summed E-state index contributed by atoms with van der Waals surface area (Å²) in [6.45, 7) is 6.83. The molecule has 16 heavy (non-hydrogen) atoms. The van der Waals surface area contributed by atoms with Crippen LogP contribution >= 0.6 is 0 Å². The van der Waals surface area contributed by atoms with E-state index >= 15 is 0 Å². The molecule has 0 saturated heterocycles. The molecule has 0 bridgehead atoms. The van der Waals surface area contributed by atoms with Gasteiger partial charge in [-0.1, -0.05) is 26.7 Å². The molecular formula is C11H24O4Si. The van der Waals surface area contributed by atoms with E-state index in [0.29, 0.717) is 23.7 Å². The second-order valence-corrected chi connectivity index (χ2v) is 4.25. The third-order valence-electron chi connectivity index (χ3n) is 2.31. The Hall–Kier alpha value is -0.393. The monoisotopic (exact) mass is 248 g/mol. The lowest BCUT2D eigenvalue weighted by molar-refractivity contribution is -0.234. The number of hydrogen-bond donors (Lipinski definition) is 0. The molecule has 0 unspecified atom stereocenters. The quantitative estimate of drug-likeness (QED) is 0.349. The molecule has 0 amide bonds. The van der Waals surface area contributed by atoms with Gasteiger partial charge in [0.1, 0.15) is 0 Å². The van der Waals surface area contributed by atoms with Gasteiger partial charge in [0.25, 0.3) is 5.79 Å². The van der Waals surface area contributed by atoms with Crippen LogP contribution in [0.25, 0.3) is 0 Å². The Morgan fingerprint density at radius 1 is 1.12 bits per heavy atom. The first-order valence-corrected chi connectivity index (χ1v) is 6.78. The van der Waals surface area contributed by atoms with Crippen LogP contribution in [0.1, 0.15) is 46.5 Å². The maximum Gasteiger partial charge on any atom is 0.352 e. The van der Waals surface area contributed by atoms with Crippen LogP contribution in [0.4, 0.5) is 0 Å². The highest BCUT2D eigenvalue weighted by Gasteiger charge is 2.36. The molecule has 4 nitrogen and oxygen atoms in total. The van der Waals surface area contributed by atoms with Gasteiger partial charge in [0.05, 0.1) is 13.2 Å². The molecule has 5 heteroatoms. The lowest BCUT2D eigenvalue weighted by Gasteiger charge is -2.27. The van der Waals surface area contributed by atoms with E-state index in [9.17, 15) is 4.79 Å². The minimum atomic E-state index is -1.22. The average Bonchev–Trinajstić information content (AvgIpc) is 2.28. The molecule has 0 radical (unpaired) electrons. The van der Waals surface area contributed by atoms with Gasteiger partial charge in [-0.05, 0) is 12.8 Å². The number of carbonyl (C=O) groups is 1. The molecule has 0 aromatic carbocycles. The van der Waals surface area contributed by atoms with Crippen LogP contribution in [-0.2, 0) is 18.7 Å².